The normalized spacial score (nSPS) is 15.8. The molecule has 0 saturated heterocycles. The predicted octanol–water partition coefficient (Wildman–Crippen LogP) is 2.90. The van der Waals surface area contributed by atoms with Gasteiger partial charge in [-0.2, -0.15) is 0 Å². The highest BCUT2D eigenvalue weighted by molar-refractivity contribution is 5.98. The molecule has 0 aromatic heterocycles. The Bertz CT molecular complexity index is 921. The van der Waals surface area contributed by atoms with Crippen molar-refractivity contribution < 1.29 is 19.1 Å². The second-order valence-corrected chi connectivity index (χ2v) is 6.94. The first kappa shape index (κ1) is 20.3. The minimum absolute atomic E-state index is 0.0143. The lowest BCUT2D eigenvalue weighted by Gasteiger charge is -2.26. The molecule has 0 spiro atoms. The average molecular weight is 392 g/mol. The highest BCUT2D eigenvalue weighted by atomic mass is 16.5. The maximum atomic E-state index is 12.4. The summed E-state index contributed by atoms with van der Waals surface area (Å²) in [6.45, 7) is 0.891. The van der Waals surface area contributed by atoms with Crippen molar-refractivity contribution in [3.63, 3.8) is 0 Å². The number of carbonyl (C=O) groups is 3. The van der Waals surface area contributed by atoms with Gasteiger partial charge in [0.05, 0.1) is 6.04 Å². The summed E-state index contributed by atoms with van der Waals surface area (Å²) in [6.07, 6.45) is 4.36. The Labute approximate surface area is 170 Å². The van der Waals surface area contributed by atoms with E-state index >= 15 is 0 Å². The molecule has 3 rings (SSSR count). The van der Waals surface area contributed by atoms with E-state index in [1.165, 1.54) is 18.6 Å². The fourth-order valence-corrected chi connectivity index (χ4v) is 3.40. The molecule has 1 aliphatic rings. The maximum absolute atomic E-state index is 12.4. The monoisotopic (exact) mass is 392 g/mol. The maximum Gasteiger partial charge on any atom is 0.355 e. The number of nitrogens with one attached hydrogen (secondary N) is 2. The van der Waals surface area contributed by atoms with E-state index in [4.69, 9.17) is 4.74 Å². The number of amides is 2. The summed E-state index contributed by atoms with van der Waals surface area (Å²) in [5.74, 6) is -1.53. The standard InChI is InChI=1S/C23H24N2O4/c1-16(26)24-21(14-17-8-3-2-4-9-17)23(28)29-15-22(27)25-20-13-7-11-18-10-5-6-12-19(18)20/h2-6,8-10,12,14,20H,7,11,13,15H2,1H3,(H,24,26)(H,25,27)/b21-14-/t20-/m0/s1. The predicted molar refractivity (Wildman–Crippen MR) is 109 cm³/mol. The van der Waals surface area contributed by atoms with E-state index in [0.717, 1.165) is 30.4 Å². The summed E-state index contributed by atoms with van der Waals surface area (Å²) in [4.78, 5) is 36.2. The van der Waals surface area contributed by atoms with Gasteiger partial charge in [-0.15, -0.1) is 0 Å². The van der Waals surface area contributed by atoms with Gasteiger partial charge >= 0.3 is 5.97 Å². The number of rotatable bonds is 6. The lowest BCUT2D eigenvalue weighted by molar-refractivity contribution is -0.145. The fraction of sp³-hybridized carbons (Fsp3) is 0.261. The van der Waals surface area contributed by atoms with Crippen LogP contribution in [-0.4, -0.2) is 24.4 Å². The molecule has 6 heteroatoms. The molecule has 0 aliphatic heterocycles. The van der Waals surface area contributed by atoms with Crippen LogP contribution in [-0.2, 0) is 25.5 Å². The number of hydrogen-bond donors (Lipinski definition) is 2. The lowest BCUT2D eigenvalue weighted by Crippen LogP contribution is -2.35. The molecule has 150 valence electrons. The van der Waals surface area contributed by atoms with Crippen LogP contribution in [0.25, 0.3) is 6.08 Å². The molecule has 2 aromatic carbocycles. The third-order valence-electron chi connectivity index (χ3n) is 4.68. The molecule has 0 unspecified atom stereocenters. The van der Waals surface area contributed by atoms with Gasteiger partial charge in [0.25, 0.3) is 5.91 Å². The summed E-state index contributed by atoms with van der Waals surface area (Å²) in [6, 6.07) is 17.0. The fourth-order valence-electron chi connectivity index (χ4n) is 3.40. The quantitative estimate of drug-likeness (QED) is 0.585. The minimum atomic E-state index is -0.761. The number of fused-ring (bicyclic) bond motifs is 1. The van der Waals surface area contributed by atoms with E-state index < -0.39 is 18.5 Å². The SMILES string of the molecule is CC(=O)N/C(=C\c1ccccc1)C(=O)OCC(=O)N[C@H]1CCCc2ccccc21. The van der Waals surface area contributed by atoms with E-state index in [9.17, 15) is 14.4 Å². The van der Waals surface area contributed by atoms with Crippen molar-refractivity contribution in [3.8, 4) is 0 Å². The van der Waals surface area contributed by atoms with E-state index in [1.54, 1.807) is 12.1 Å². The van der Waals surface area contributed by atoms with Crippen LogP contribution in [0.15, 0.2) is 60.3 Å². The lowest BCUT2D eigenvalue weighted by atomic mass is 9.88. The largest absolute Gasteiger partial charge is 0.451 e. The average Bonchev–Trinajstić information content (AvgIpc) is 2.72. The number of carbonyl (C=O) groups excluding carboxylic acids is 3. The summed E-state index contributed by atoms with van der Waals surface area (Å²) >= 11 is 0. The zero-order chi connectivity index (χ0) is 20.6. The van der Waals surface area contributed by atoms with Gasteiger partial charge in [-0.3, -0.25) is 9.59 Å². The molecule has 0 bridgehead atoms. The molecule has 0 heterocycles. The Morgan fingerprint density at radius 3 is 2.55 bits per heavy atom. The second-order valence-electron chi connectivity index (χ2n) is 6.94. The van der Waals surface area contributed by atoms with Crippen LogP contribution >= 0.6 is 0 Å². The van der Waals surface area contributed by atoms with Crippen molar-refractivity contribution in [3.05, 3.63) is 77.0 Å². The first-order chi connectivity index (χ1) is 14.0. The highest BCUT2D eigenvalue weighted by Crippen LogP contribution is 2.29. The van der Waals surface area contributed by atoms with E-state index in [1.807, 2.05) is 36.4 Å². The van der Waals surface area contributed by atoms with Gasteiger partial charge in [0.1, 0.15) is 5.70 Å². The number of aryl methyl sites for hydroxylation is 1. The van der Waals surface area contributed by atoms with Crippen LogP contribution in [0.5, 0.6) is 0 Å². The Balaban J connectivity index is 1.60. The zero-order valence-electron chi connectivity index (χ0n) is 16.3. The van der Waals surface area contributed by atoms with E-state index in [2.05, 4.69) is 16.7 Å². The van der Waals surface area contributed by atoms with Crippen molar-refractivity contribution in [1.82, 2.24) is 10.6 Å². The van der Waals surface area contributed by atoms with Gasteiger partial charge < -0.3 is 15.4 Å². The topological polar surface area (TPSA) is 84.5 Å². The Morgan fingerprint density at radius 1 is 1.07 bits per heavy atom. The van der Waals surface area contributed by atoms with Gasteiger partial charge in [-0.05, 0) is 42.0 Å². The van der Waals surface area contributed by atoms with Crippen LogP contribution < -0.4 is 10.6 Å². The zero-order valence-corrected chi connectivity index (χ0v) is 16.3. The summed E-state index contributed by atoms with van der Waals surface area (Å²) < 4.78 is 5.13. The molecule has 6 nitrogen and oxygen atoms in total. The van der Waals surface area contributed by atoms with Gasteiger partial charge in [-0.1, -0.05) is 54.6 Å². The first-order valence-corrected chi connectivity index (χ1v) is 9.61. The second kappa shape index (κ2) is 9.68. The summed E-state index contributed by atoms with van der Waals surface area (Å²) in [5, 5.41) is 5.40. The molecule has 2 amide bonds. The summed E-state index contributed by atoms with van der Waals surface area (Å²) in [7, 11) is 0. The Kier molecular flexibility index (Phi) is 6.79. The molecule has 29 heavy (non-hydrogen) atoms. The molecule has 2 N–H and O–H groups in total. The number of ether oxygens (including phenoxy) is 1. The van der Waals surface area contributed by atoms with Crippen LogP contribution in [0.4, 0.5) is 0 Å². The van der Waals surface area contributed by atoms with E-state index in [0.29, 0.717) is 0 Å². The van der Waals surface area contributed by atoms with Crippen molar-refractivity contribution in [2.45, 2.75) is 32.2 Å². The summed E-state index contributed by atoms with van der Waals surface area (Å²) in [5.41, 5.74) is 3.07. The third-order valence-corrected chi connectivity index (χ3v) is 4.68. The minimum Gasteiger partial charge on any atom is -0.451 e. The molecule has 2 aromatic rings. The first-order valence-electron chi connectivity index (χ1n) is 9.61. The van der Waals surface area contributed by atoms with Crippen LogP contribution in [0.1, 0.15) is 42.5 Å². The van der Waals surface area contributed by atoms with Crippen LogP contribution in [0, 0.1) is 0 Å². The van der Waals surface area contributed by atoms with Crippen molar-refractivity contribution in [2.24, 2.45) is 0 Å². The van der Waals surface area contributed by atoms with Crippen molar-refractivity contribution >= 4 is 23.9 Å². The van der Waals surface area contributed by atoms with Gasteiger partial charge in [0, 0.05) is 6.92 Å². The molecular formula is C23H24N2O4. The van der Waals surface area contributed by atoms with E-state index in [-0.39, 0.29) is 17.6 Å². The molecular weight excluding hydrogens is 368 g/mol. The molecule has 1 atom stereocenters. The number of benzene rings is 2. The number of hydrogen-bond acceptors (Lipinski definition) is 4. The van der Waals surface area contributed by atoms with Crippen molar-refractivity contribution in [1.29, 1.82) is 0 Å². The Morgan fingerprint density at radius 2 is 1.79 bits per heavy atom. The van der Waals surface area contributed by atoms with Crippen molar-refractivity contribution in [2.75, 3.05) is 6.61 Å². The van der Waals surface area contributed by atoms with Gasteiger partial charge in [-0.25, -0.2) is 4.79 Å². The Hall–Kier alpha value is -3.41. The number of esters is 1. The highest BCUT2D eigenvalue weighted by Gasteiger charge is 2.22. The molecule has 0 fully saturated rings. The molecule has 0 saturated carbocycles. The molecule has 1 aliphatic carbocycles. The smallest absolute Gasteiger partial charge is 0.355 e. The van der Waals surface area contributed by atoms with Gasteiger partial charge in [0.15, 0.2) is 6.61 Å². The third kappa shape index (κ3) is 5.78. The van der Waals surface area contributed by atoms with Crippen LogP contribution in [0.2, 0.25) is 0 Å². The van der Waals surface area contributed by atoms with Gasteiger partial charge in [0.2, 0.25) is 5.91 Å². The van der Waals surface area contributed by atoms with Crippen LogP contribution in [0.3, 0.4) is 0 Å². The molecule has 0 radical (unpaired) electrons.